The molecule has 2 aromatic rings. The van der Waals surface area contributed by atoms with Crippen LogP contribution in [0.15, 0.2) is 53.4 Å². The molecule has 29 heavy (non-hydrogen) atoms. The number of β-amino-alcohol motifs (C(OH)–C–C–N with tert-alkyl or cyclic N) is 1. The summed E-state index contributed by atoms with van der Waals surface area (Å²) in [4.78, 5) is 17.4. The van der Waals surface area contributed by atoms with Gasteiger partial charge in [-0.25, -0.2) is 4.79 Å². The van der Waals surface area contributed by atoms with E-state index in [1.807, 2.05) is 43.1 Å². The van der Waals surface area contributed by atoms with Gasteiger partial charge in [-0.2, -0.15) is 0 Å². The molecule has 5 nitrogen and oxygen atoms in total. The minimum Gasteiger partial charge on any atom is -0.479 e. The first-order valence-corrected chi connectivity index (χ1v) is 11.3. The second kappa shape index (κ2) is 9.30. The number of hydrogen-bond donors (Lipinski definition) is 2. The van der Waals surface area contributed by atoms with E-state index >= 15 is 0 Å². The van der Waals surface area contributed by atoms with Crippen molar-refractivity contribution in [3.05, 3.63) is 59.7 Å². The molecule has 0 spiro atoms. The third kappa shape index (κ3) is 5.01. The normalized spacial score (nSPS) is 21.0. The molecule has 0 aromatic heterocycles. The molecule has 1 amide bonds. The van der Waals surface area contributed by atoms with Gasteiger partial charge in [-0.1, -0.05) is 30.3 Å². The number of carbonyl (C=O) groups excluding carboxylic acids is 1. The quantitative estimate of drug-likeness (QED) is 0.722. The topological polar surface area (TPSA) is 54.2 Å². The van der Waals surface area contributed by atoms with E-state index in [0.717, 1.165) is 47.9 Å². The number of aliphatic hydroxyl groups excluding tert-OH is 1. The van der Waals surface area contributed by atoms with Gasteiger partial charge in [0.2, 0.25) is 6.61 Å². The van der Waals surface area contributed by atoms with Crippen LogP contribution in [0.4, 0.5) is 0 Å². The van der Waals surface area contributed by atoms with Crippen LogP contribution in [0.25, 0.3) is 0 Å². The molecule has 2 aromatic carbocycles. The average molecular weight is 414 g/mol. The number of benzene rings is 2. The first kappa shape index (κ1) is 20.4. The zero-order valence-electron chi connectivity index (χ0n) is 16.8. The van der Waals surface area contributed by atoms with Crippen LogP contribution >= 0.6 is 11.8 Å². The molecule has 2 unspecified atom stereocenters. The van der Waals surface area contributed by atoms with Gasteiger partial charge >= 0.3 is 5.91 Å². The maximum Gasteiger partial charge on any atom is 0.350 e. The second-order valence-corrected chi connectivity index (χ2v) is 9.06. The Morgan fingerprint density at radius 1 is 1.31 bits per heavy atom. The van der Waals surface area contributed by atoms with Gasteiger partial charge in [-0.05, 0) is 36.6 Å². The molecule has 0 bridgehead atoms. The van der Waals surface area contributed by atoms with Crippen LogP contribution in [0.5, 0.6) is 5.75 Å². The fraction of sp³-hybridized carbons (Fsp3) is 0.435. The molecule has 2 N–H and O–H groups in total. The van der Waals surface area contributed by atoms with Crippen molar-refractivity contribution in [2.75, 3.05) is 39.0 Å². The van der Waals surface area contributed by atoms with E-state index in [-0.39, 0.29) is 24.7 Å². The third-order valence-corrected chi connectivity index (χ3v) is 7.00. The van der Waals surface area contributed by atoms with E-state index in [9.17, 15) is 9.90 Å². The highest BCUT2D eigenvalue weighted by Crippen LogP contribution is 2.33. The lowest BCUT2D eigenvalue weighted by Gasteiger charge is -2.27. The highest BCUT2D eigenvalue weighted by Gasteiger charge is 2.32. The Kier molecular flexibility index (Phi) is 6.55. The number of amides is 1. The van der Waals surface area contributed by atoms with Crippen LogP contribution < -0.4 is 9.64 Å². The van der Waals surface area contributed by atoms with Gasteiger partial charge in [0.15, 0.2) is 0 Å². The third-order valence-electron chi connectivity index (χ3n) is 5.88. The second-order valence-electron chi connectivity index (χ2n) is 7.93. The molecular formula is C23H29N2O3S+. The molecular weight excluding hydrogens is 384 g/mol. The summed E-state index contributed by atoms with van der Waals surface area (Å²) in [6, 6.07) is 16.3. The number of nitrogens with zero attached hydrogens (tertiary/aromatic N) is 1. The number of hydrogen-bond acceptors (Lipinski definition) is 5. The summed E-state index contributed by atoms with van der Waals surface area (Å²) in [7, 11) is 1.93. The van der Waals surface area contributed by atoms with Gasteiger partial charge in [0, 0.05) is 29.3 Å². The van der Waals surface area contributed by atoms with Crippen molar-refractivity contribution in [2.24, 2.45) is 0 Å². The molecule has 2 aliphatic heterocycles. The first-order valence-electron chi connectivity index (χ1n) is 10.3. The number of carbonyl (C=O) groups is 1. The predicted molar refractivity (Wildman–Crippen MR) is 115 cm³/mol. The Balaban J connectivity index is 1.42. The zero-order valence-corrected chi connectivity index (χ0v) is 17.7. The number of thioether (sulfide) groups is 1. The van der Waals surface area contributed by atoms with Gasteiger partial charge in [-0.15, -0.1) is 11.8 Å². The smallest absolute Gasteiger partial charge is 0.350 e. The highest BCUT2D eigenvalue weighted by atomic mass is 32.2. The molecule has 6 heteroatoms. The molecule has 2 aliphatic rings. The van der Waals surface area contributed by atoms with Crippen molar-refractivity contribution in [1.82, 2.24) is 4.90 Å². The zero-order chi connectivity index (χ0) is 20.2. The van der Waals surface area contributed by atoms with Crippen molar-refractivity contribution in [3.8, 4) is 5.75 Å². The summed E-state index contributed by atoms with van der Waals surface area (Å²) in [5, 5.41) is 9.87. The molecule has 2 heterocycles. The SMILES string of the molecule is C[NH+](C(=O)COc1ccc2c(c1)CCS2)C(CN1CC[C@H](O)C1)c1ccccc1. The number of aryl methyl sites for hydroxylation is 1. The van der Waals surface area contributed by atoms with Crippen LogP contribution in [-0.2, 0) is 11.2 Å². The summed E-state index contributed by atoms with van der Waals surface area (Å²) in [6.07, 6.45) is 1.60. The van der Waals surface area contributed by atoms with Crippen molar-refractivity contribution in [1.29, 1.82) is 0 Å². The van der Waals surface area contributed by atoms with Crippen LogP contribution in [0.1, 0.15) is 23.6 Å². The number of fused-ring (bicyclic) bond motifs is 1. The van der Waals surface area contributed by atoms with Crippen LogP contribution in [0.3, 0.4) is 0 Å². The number of likely N-dealkylation sites (N-methyl/N-ethyl adjacent to an activating group) is 1. The fourth-order valence-electron chi connectivity index (χ4n) is 4.12. The molecule has 0 saturated carbocycles. The van der Waals surface area contributed by atoms with E-state index in [2.05, 4.69) is 29.2 Å². The Bertz CT molecular complexity index is 845. The van der Waals surface area contributed by atoms with Crippen LogP contribution in [0.2, 0.25) is 0 Å². The lowest BCUT2D eigenvalue weighted by atomic mass is 10.0. The molecule has 0 radical (unpaired) electrons. The van der Waals surface area contributed by atoms with Crippen molar-refractivity contribution >= 4 is 17.7 Å². The molecule has 4 rings (SSSR count). The molecule has 3 atom stereocenters. The summed E-state index contributed by atoms with van der Waals surface area (Å²) in [6.45, 7) is 2.35. The minimum atomic E-state index is -0.260. The molecule has 1 fully saturated rings. The Morgan fingerprint density at radius 2 is 2.14 bits per heavy atom. The number of ether oxygens (including phenoxy) is 1. The van der Waals surface area contributed by atoms with Gasteiger partial charge in [0.25, 0.3) is 0 Å². The molecule has 0 aliphatic carbocycles. The van der Waals surface area contributed by atoms with Gasteiger partial charge in [0.05, 0.1) is 19.7 Å². The lowest BCUT2D eigenvalue weighted by molar-refractivity contribution is -0.833. The number of aliphatic hydroxyl groups is 1. The molecule has 154 valence electrons. The van der Waals surface area contributed by atoms with E-state index in [0.29, 0.717) is 6.54 Å². The Hall–Kier alpha value is -1.86. The summed E-state index contributed by atoms with van der Waals surface area (Å²) in [5.74, 6) is 1.92. The number of nitrogens with one attached hydrogen (secondary N) is 1. The van der Waals surface area contributed by atoms with E-state index in [1.54, 1.807) is 0 Å². The Labute approximate surface area is 176 Å². The fourth-order valence-corrected chi connectivity index (χ4v) is 5.18. The van der Waals surface area contributed by atoms with Crippen molar-refractivity contribution in [3.63, 3.8) is 0 Å². The standard InChI is InChI=1S/C23H28N2O3S/c1-24(23(27)16-28-20-7-8-22-18(13-20)10-12-29-22)21(17-5-3-2-4-6-17)15-25-11-9-19(26)14-25/h2-8,13,19,21,26H,9-12,14-16H2,1H3/p+1/t19-,21?/m0/s1. The summed E-state index contributed by atoms with van der Waals surface area (Å²) in [5.41, 5.74) is 2.45. The number of rotatable bonds is 7. The largest absolute Gasteiger partial charge is 0.479 e. The van der Waals surface area contributed by atoms with E-state index in [4.69, 9.17) is 4.74 Å². The monoisotopic (exact) mass is 413 g/mol. The predicted octanol–water partition coefficient (Wildman–Crippen LogP) is 1.56. The van der Waals surface area contributed by atoms with Gasteiger partial charge in [-0.3, -0.25) is 9.80 Å². The maximum atomic E-state index is 13.0. The van der Waals surface area contributed by atoms with Crippen molar-refractivity contribution < 1.29 is 19.5 Å². The van der Waals surface area contributed by atoms with Crippen LogP contribution in [-0.4, -0.2) is 61.1 Å². The average Bonchev–Trinajstić information content (AvgIpc) is 3.38. The Morgan fingerprint density at radius 3 is 2.90 bits per heavy atom. The first-order chi connectivity index (χ1) is 14.1. The molecule has 1 saturated heterocycles. The number of likely N-dealkylation sites (tertiary alicyclic amines) is 1. The van der Waals surface area contributed by atoms with E-state index < -0.39 is 0 Å². The number of quaternary nitrogens is 1. The maximum absolute atomic E-state index is 13.0. The minimum absolute atomic E-state index is 0.00835. The summed E-state index contributed by atoms with van der Waals surface area (Å²) < 4.78 is 5.85. The summed E-state index contributed by atoms with van der Waals surface area (Å²) >= 11 is 1.87. The van der Waals surface area contributed by atoms with E-state index in [1.165, 1.54) is 10.5 Å². The van der Waals surface area contributed by atoms with Crippen LogP contribution in [0, 0.1) is 0 Å². The van der Waals surface area contributed by atoms with Gasteiger partial charge in [0.1, 0.15) is 11.8 Å². The highest BCUT2D eigenvalue weighted by molar-refractivity contribution is 7.99. The lowest BCUT2D eigenvalue weighted by Crippen LogP contribution is -3.13. The van der Waals surface area contributed by atoms with Crippen molar-refractivity contribution in [2.45, 2.75) is 29.9 Å². The van der Waals surface area contributed by atoms with Gasteiger partial charge < -0.3 is 9.84 Å².